The summed E-state index contributed by atoms with van der Waals surface area (Å²) in [4.78, 5) is 42.9. The first-order chi connectivity index (χ1) is 14.5. The fourth-order valence-electron chi connectivity index (χ4n) is 2.43. The van der Waals surface area contributed by atoms with Crippen LogP contribution in [0.5, 0.6) is 11.8 Å². The SMILES string of the molecule is CCOC(=O)c1cc(C(=O)Nc2ccc(Oc3ncccn3)cc2)cc([N+](=O)[O-])c1. The minimum atomic E-state index is -0.750. The van der Waals surface area contributed by atoms with Crippen LogP contribution in [0, 0.1) is 10.1 Å². The van der Waals surface area contributed by atoms with Crippen molar-refractivity contribution in [2.75, 3.05) is 11.9 Å². The molecule has 0 radical (unpaired) electrons. The second-order valence-electron chi connectivity index (χ2n) is 5.86. The lowest BCUT2D eigenvalue weighted by Gasteiger charge is -2.08. The summed E-state index contributed by atoms with van der Waals surface area (Å²) in [5.74, 6) is -0.914. The zero-order chi connectivity index (χ0) is 21.5. The number of nitro benzene ring substituents is 1. The quantitative estimate of drug-likeness (QED) is 0.356. The van der Waals surface area contributed by atoms with Crippen LogP contribution in [-0.2, 0) is 4.74 Å². The Morgan fingerprint density at radius 1 is 1.07 bits per heavy atom. The second kappa shape index (κ2) is 9.24. The Kier molecular flexibility index (Phi) is 6.28. The molecular weight excluding hydrogens is 392 g/mol. The third-order valence-electron chi connectivity index (χ3n) is 3.77. The van der Waals surface area contributed by atoms with Crippen LogP contribution in [0.3, 0.4) is 0 Å². The molecule has 0 atom stereocenters. The van der Waals surface area contributed by atoms with E-state index < -0.39 is 22.5 Å². The maximum absolute atomic E-state index is 12.6. The molecule has 0 saturated carbocycles. The minimum Gasteiger partial charge on any atom is -0.462 e. The van der Waals surface area contributed by atoms with E-state index in [9.17, 15) is 19.7 Å². The number of hydrogen-bond donors (Lipinski definition) is 1. The van der Waals surface area contributed by atoms with E-state index in [1.54, 1.807) is 49.6 Å². The highest BCUT2D eigenvalue weighted by Gasteiger charge is 2.19. The number of rotatable bonds is 7. The molecule has 0 bridgehead atoms. The summed E-state index contributed by atoms with van der Waals surface area (Å²) in [6, 6.07) is 11.6. The first-order valence-corrected chi connectivity index (χ1v) is 8.79. The maximum Gasteiger partial charge on any atom is 0.338 e. The molecule has 0 fully saturated rings. The lowest BCUT2D eigenvalue weighted by atomic mass is 10.1. The molecule has 152 valence electrons. The van der Waals surface area contributed by atoms with E-state index in [2.05, 4.69) is 15.3 Å². The Bertz CT molecular complexity index is 1070. The molecule has 0 aliphatic heterocycles. The third kappa shape index (κ3) is 5.13. The number of benzene rings is 2. The van der Waals surface area contributed by atoms with Gasteiger partial charge in [0.05, 0.1) is 17.1 Å². The van der Waals surface area contributed by atoms with Gasteiger partial charge in [0.15, 0.2) is 0 Å². The summed E-state index contributed by atoms with van der Waals surface area (Å²) < 4.78 is 10.3. The number of carbonyl (C=O) groups is 2. The van der Waals surface area contributed by atoms with Gasteiger partial charge >= 0.3 is 12.0 Å². The van der Waals surface area contributed by atoms with Crippen LogP contribution < -0.4 is 10.1 Å². The van der Waals surface area contributed by atoms with Crippen molar-refractivity contribution in [1.29, 1.82) is 0 Å². The summed E-state index contributed by atoms with van der Waals surface area (Å²) in [5.41, 5.74) is -0.101. The van der Waals surface area contributed by atoms with E-state index in [0.717, 1.165) is 12.1 Å². The van der Waals surface area contributed by atoms with E-state index in [-0.39, 0.29) is 23.7 Å². The molecule has 10 heteroatoms. The largest absolute Gasteiger partial charge is 0.462 e. The van der Waals surface area contributed by atoms with Crippen molar-refractivity contribution in [3.63, 3.8) is 0 Å². The average Bonchev–Trinajstić information content (AvgIpc) is 2.75. The number of nitro groups is 1. The van der Waals surface area contributed by atoms with Gasteiger partial charge in [-0.1, -0.05) is 0 Å². The Hall–Kier alpha value is -4.34. The Morgan fingerprint density at radius 3 is 2.37 bits per heavy atom. The second-order valence-corrected chi connectivity index (χ2v) is 5.86. The normalized spacial score (nSPS) is 10.2. The standard InChI is InChI=1S/C20H16N4O6/c1-2-29-19(26)14-10-13(11-16(12-14)24(27)28)18(25)23-15-4-6-17(7-5-15)30-20-21-8-3-9-22-20/h3-12H,2H2,1H3,(H,23,25). The van der Waals surface area contributed by atoms with Crippen molar-refractivity contribution in [3.05, 3.63) is 82.2 Å². The smallest absolute Gasteiger partial charge is 0.338 e. The van der Waals surface area contributed by atoms with Crippen molar-refractivity contribution in [1.82, 2.24) is 9.97 Å². The van der Waals surface area contributed by atoms with Gasteiger partial charge in [0.2, 0.25) is 0 Å². The van der Waals surface area contributed by atoms with Gasteiger partial charge in [0, 0.05) is 35.8 Å². The Labute approximate surface area is 170 Å². The highest BCUT2D eigenvalue weighted by Crippen LogP contribution is 2.22. The van der Waals surface area contributed by atoms with E-state index in [1.807, 2.05) is 0 Å². The number of amides is 1. The number of nitrogens with one attached hydrogen (secondary N) is 1. The molecule has 1 N–H and O–H groups in total. The highest BCUT2D eigenvalue weighted by molar-refractivity contribution is 6.06. The zero-order valence-electron chi connectivity index (χ0n) is 15.8. The number of non-ortho nitro benzene ring substituents is 1. The molecule has 10 nitrogen and oxygen atoms in total. The number of esters is 1. The van der Waals surface area contributed by atoms with Crippen LogP contribution in [0.15, 0.2) is 60.9 Å². The van der Waals surface area contributed by atoms with Crippen LogP contribution in [0.1, 0.15) is 27.6 Å². The summed E-state index contributed by atoms with van der Waals surface area (Å²) in [7, 11) is 0. The first kappa shape index (κ1) is 20.4. The molecule has 3 aromatic rings. The van der Waals surface area contributed by atoms with Gasteiger partial charge in [-0.25, -0.2) is 14.8 Å². The molecule has 0 spiro atoms. The van der Waals surface area contributed by atoms with Gasteiger partial charge in [-0.2, -0.15) is 0 Å². The molecule has 0 saturated heterocycles. The summed E-state index contributed by atoms with van der Waals surface area (Å²) in [6.07, 6.45) is 3.08. The number of nitrogens with zero attached hydrogens (tertiary/aromatic N) is 3. The number of ether oxygens (including phenoxy) is 2. The minimum absolute atomic E-state index is 0.0507. The molecular formula is C20H16N4O6. The van der Waals surface area contributed by atoms with Gasteiger partial charge in [-0.15, -0.1) is 0 Å². The van der Waals surface area contributed by atoms with E-state index >= 15 is 0 Å². The van der Waals surface area contributed by atoms with Crippen LogP contribution in [0.25, 0.3) is 0 Å². The molecule has 1 heterocycles. The summed E-state index contributed by atoms with van der Waals surface area (Å²) in [6.45, 7) is 1.71. The van der Waals surface area contributed by atoms with Crippen molar-refractivity contribution < 1.29 is 24.0 Å². The van der Waals surface area contributed by atoms with Crippen LogP contribution in [-0.4, -0.2) is 33.4 Å². The van der Waals surface area contributed by atoms with Crippen molar-refractivity contribution in [2.24, 2.45) is 0 Å². The molecule has 1 amide bonds. The van der Waals surface area contributed by atoms with Gasteiger partial charge in [-0.3, -0.25) is 14.9 Å². The summed E-state index contributed by atoms with van der Waals surface area (Å²) in [5, 5.41) is 13.8. The molecule has 0 aliphatic rings. The van der Waals surface area contributed by atoms with Crippen molar-refractivity contribution in [2.45, 2.75) is 6.92 Å². The van der Waals surface area contributed by atoms with E-state index in [4.69, 9.17) is 9.47 Å². The molecule has 0 unspecified atom stereocenters. The van der Waals surface area contributed by atoms with Gasteiger partial charge in [0.25, 0.3) is 11.6 Å². The fraction of sp³-hybridized carbons (Fsp3) is 0.100. The molecule has 3 rings (SSSR count). The van der Waals surface area contributed by atoms with Gasteiger partial charge in [0.1, 0.15) is 5.75 Å². The lowest BCUT2D eigenvalue weighted by molar-refractivity contribution is -0.384. The maximum atomic E-state index is 12.6. The van der Waals surface area contributed by atoms with Crippen molar-refractivity contribution >= 4 is 23.3 Å². The zero-order valence-corrected chi connectivity index (χ0v) is 15.8. The van der Waals surface area contributed by atoms with Crippen molar-refractivity contribution in [3.8, 4) is 11.8 Å². The molecule has 0 aliphatic carbocycles. The van der Waals surface area contributed by atoms with E-state index in [0.29, 0.717) is 11.4 Å². The third-order valence-corrected chi connectivity index (χ3v) is 3.77. The number of carbonyl (C=O) groups excluding carboxylic acids is 2. The number of anilines is 1. The predicted octanol–water partition coefficient (Wildman–Crippen LogP) is 3.61. The number of aromatic nitrogens is 2. The molecule has 1 aromatic heterocycles. The number of hydrogen-bond acceptors (Lipinski definition) is 8. The van der Waals surface area contributed by atoms with Gasteiger partial charge in [-0.05, 0) is 43.3 Å². The topological polar surface area (TPSA) is 134 Å². The average molecular weight is 408 g/mol. The lowest BCUT2D eigenvalue weighted by Crippen LogP contribution is -2.14. The summed E-state index contributed by atoms with van der Waals surface area (Å²) >= 11 is 0. The fourth-order valence-corrected chi connectivity index (χ4v) is 2.43. The Morgan fingerprint density at radius 2 is 1.73 bits per heavy atom. The van der Waals surface area contributed by atoms with Crippen LogP contribution in [0.2, 0.25) is 0 Å². The monoisotopic (exact) mass is 408 g/mol. The van der Waals surface area contributed by atoms with Gasteiger partial charge < -0.3 is 14.8 Å². The highest BCUT2D eigenvalue weighted by atomic mass is 16.6. The Balaban J connectivity index is 1.76. The molecule has 30 heavy (non-hydrogen) atoms. The first-order valence-electron chi connectivity index (χ1n) is 8.79. The van der Waals surface area contributed by atoms with Crippen LogP contribution in [0.4, 0.5) is 11.4 Å². The predicted molar refractivity (Wildman–Crippen MR) is 106 cm³/mol. The van der Waals surface area contributed by atoms with Crippen LogP contribution >= 0.6 is 0 Å². The molecule has 2 aromatic carbocycles. The van der Waals surface area contributed by atoms with E-state index in [1.165, 1.54) is 6.07 Å².